The molecular formula is C17H19N5O2S. The fourth-order valence-electron chi connectivity index (χ4n) is 2.39. The average molecular weight is 357 g/mol. The van der Waals surface area contributed by atoms with Crippen molar-refractivity contribution in [3.8, 4) is 11.6 Å². The molecule has 7 nitrogen and oxygen atoms in total. The Morgan fingerprint density at radius 1 is 1.28 bits per heavy atom. The van der Waals surface area contributed by atoms with Gasteiger partial charge in [0.05, 0.1) is 11.5 Å². The first-order chi connectivity index (χ1) is 12.1. The van der Waals surface area contributed by atoms with Crippen molar-refractivity contribution in [1.82, 2.24) is 19.8 Å². The molecule has 0 saturated heterocycles. The van der Waals surface area contributed by atoms with Gasteiger partial charge < -0.3 is 15.2 Å². The van der Waals surface area contributed by atoms with Crippen LogP contribution in [0.4, 0.5) is 0 Å². The number of hydrogen-bond donors (Lipinski definition) is 1. The average Bonchev–Trinajstić information content (AvgIpc) is 3.25. The van der Waals surface area contributed by atoms with Gasteiger partial charge in [-0.1, -0.05) is 42.1 Å². The molecule has 0 bridgehead atoms. The second-order valence-corrected chi connectivity index (χ2v) is 6.90. The summed E-state index contributed by atoms with van der Waals surface area (Å²) in [5, 5.41) is 8.21. The van der Waals surface area contributed by atoms with Gasteiger partial charge in [-0.05, 0) is 24.6 Å². The second kappa shape index (κ2) is 7.43. The van der Waals surface area contributed by atoms with Crippen LogP contribution < -0.4 is 5.84 Å². The highest BCUT2D eigenvalue weighted by atomic mass is 32.2. The van der Waals surface area contributed by atoms with E-state index < -0.39 is 0 Å². The van der Waals surface area contributed by atoms with Crippen LogP contribution >= 0.6 is 11.8 Å². The van der Waals surface area contributed by atoms with Gasteiger partial charge in [0.2, 0.25) is 16.9 Å². The molecule has 2 aromatic heterocycles. The Balaban J connectivity index is 1.65. The van der Waals surface area contributed by atoms with Crippen LogP contribution in [-0.4, -0.2) is 38.0 Å². The highest BCUT2D eigenvalue weighted by Crippen LogP contribution is 2.25. The highest BCUT2D eigenvalue weighted by molar-refractivity contribution is 8.00. The normalized spacial score (nSPS) is 12.1. The van der Waals surface area contributed by atoms with Crippen molar-refractivity contribution in [1.29, 1.82) is 0 Å². The molecule has 1 atom stereocenters. The van der Waals surface area contributed by atoms with Crippen LogP contribution in [0.25, 0.3) is 11.6 Å². The second-order valence-electron chi connectivity index (χ2n) is 5.59. The van der Waals surface area contributed by atoms with Gasteiger partial charge in [-0.3, -0.25) is 4.79 Å². The molecule has 0 fully saturated rings. The maximum atomic E-state index is 12.6. The molecule has 1 amide bonds. The first-order valence-corrected chi connectivity index (χ1v) is 8.64. The summed E-state index contributed by atoms with van der Waals surface area (Å²) >= 11 is 1.27. The largest absolute Gasteiger partial charge is 0.461 e. The first-order valence-electron chi connectivity index (χ1n) is 7.76. The Bertz CT molecular complexity index is 832. The van der Waals surface area contributed by atoms with E-state index in [4.69, 9.17) is 10.3 Å². The maximum absolute atomic E-state index is 12.6. The van der Waals surface area contributed by atoms with E-state index in [1.807, 2.05) is 37.3 Å². The van der Waals surface area contributed by atoms with E-state index >= 15 is 0 Å². The van der Waals surface area contributed by atoms with Crippen molar-refractivity contribution in [3.05, 3.63) is 54.3 Å². The molecule has 3 aromatic rings. The minimum absolute atomic E-state index is 0.00333. The van der Waals surface area contributed by atoms with Gasteiger partial charge in [-0.15, -0.1) is 10.2 Å². The van der Waals surface area contributed by atoms with E-state index in [2.05, 4.69) is 10.2 Å². The Kier molecular flexibility index (Phi) is 5.08. The Morgan fingerprint density at radius 3 is 2.72 bits per heavy atom. The predicted octanol–water partition coefficient (Wildman–Crippen LogP) is 2.39. The van der Waals surface area contributed by atoms with Gasteiger partial charge in [0.15, 0.2) is 5.76 Å². The third-order valence-electron chi connectivity index (χ3n) is 3.67. The van der Waals surface area contributed by atoms with Crippen LogP contribution in [0.2, 0.25) is 0 Å². The van der Waals surface area contributed by atoms with Crippen molar-refractivity contribution in [2.24, 2.45) is 0 Å². The smallest absolute Gasteiger partial charge is 0.235 e. The molecule has 3 rings (SSSR count). The summed E-state index contributed by atoms with van der Waals surface area (Å²) < 4.78 is 6.62. The van der Waals surface area contributed by atoms with Crippen molar-refractivity contribution in [2.75, 3.05) is 12.9 Å². The van der Waals surface area contributed by atoms with Gasteiger partial charge in [0, 0.05) is 13.6 Å². The molecule has 0 saturated carbocycles. The van der Waals surface area contributed by atoms with E-state index in [-0.39, 0.29) is 11.2 Å². The van der Waals surface area contributed by atoms with E-state index in [0.29, 0.717) is 23.3 Å². The van der Waals surface area contributed by atoms with Crippen LogP contribution in [0.15, 0.2) is 58.3 Å². The molecule has 0 aliphatic carbocycles. The molecule has 0 spiro atoms. The quantitative estimate of drug-likeness (QED) is 0.538. The molecule has 0 aliphatic rings. The monoisotopic (exact) mass is 357 g/mol. The third kappa shape index (κ3) is 3.85. The van der Waals surface area contributed by atoms with E-state index in [1.165, 1.54) is 16.4 Å². The van der Waals surface area contributed by atoms with Gasteiger partial charge in [-0.25, -0.2) is 4.68 Å². The number of amides is 1. The lowest BCUT2D eigenvalue weighted by Gasteiger charge is -2.20. The number of hydrogen-bond acceptors (Lipinski definition) is 6. The zero-order valence-corrected chi connectivity index (χ0v) is 14.8. The topological polar surface area (TPSA) is 90.2 Å². The number of rotatable bonds is 6. The van der Waals surface area contributed by atoms with Crippen LogP contribution in [-0.2, 0) is 11.3 Å². The summed E-state index contributed by atoms with van der Waals surface area (Å²) in [5.41, 5.74) is 1.08. The number of thioether (sulfide) groups is 1. The maximum Gasteiger partial charge on any atom is 0.235 e. The highest BCUT2D eigenvalue weighted by Gasteiger charge is 2.23. The predicted molar refractivity (Wildman–Crippen MR) is 96.1 cm³/mol. The number of aromatic nitrogens is 3. The SMILES string of the molecule is C[C@@H](Sc1nnc(-c2ccco2)n1N)C(=O)N(C)Cc1ccccc1. The Morgan fingerprint density at radius 2 is 2.04 bits per heavy atom. The molecule has 0 unspecified atom stereocenters. The summed E-state index contributed by atoms with van der Waals surface area (Å²) in [6.07, 6.45) is 1.54. The van der Waals surface area contributed by atoms with Crippen molar-refractivity contribution in [3.63, 3.8) is 0 Å². The fraction of sp³-hybridized carbons (Fsp3) is 0.235. The molecule has 8 heteroatoms. The molecule has 0 aliphatic heterocycles. The molecule has 130 valence electrons. The van der Waals surface area contributed by atoms with E-state index in [9.17, 15) is 4.79 Å². The summed E-state index contributed by atoms with van der Waals surface area (Å²) in [4.78, 5) is 14.3. The lowest BCUT2D eigenvalue weighted by atomic mass is 10.2. The standard InChI is InChI=1S/C17H19N5O2S/c1-12(16(23)21(2)11-13-7-4-3-5-8-13)25-17-20-19-15(22(17)18)14-9-6-10-24-14/h3-10,12H,11,18H2,1-2H3/t12-/m1/s1. The van der Waals surface area contributed by atoms with Crippen molar-refractivity contribution < 1.29 is 9.21 Å². The zero-order chi connectivity index (χ0) is 17.8. The van der Waals surface area contributed by atoms with Crippen LogP contribution in [0.3, 0.4) is 0 Å². The van der Waals surface area contributed by atoms with E-state index in [1.54, 1.807) is 30.3 Å². The number of nitrogens with two attached hydrogens (primary N) is 1. The minimum Gasteiger partial charge on any atom is -0.461 e. The summed E-state index contributed by atoms with van der Waals surface area (Å²) in [6, 6.07) is 13.4. The van der Waals surface area contributed by atoms with Gasteiger partial charge in [-0.2, -0.15) is 0 Å². The number of benzene rings is 1. The Hall–Kier alpha value is -2.74. The lowest BCUT2D eigenvalue weighted by Crippen LogP contribution is -2.33. The number of carbonyl (C=O) groups is 1. The summed E-state index contributed by atoms with van der Waals surface area (Å²) in [7, 11) is 1.79. The summed E-state index contributed by atoms with van der Waals surface area (Å²) in [5.74, 6) is 6.98. The summed E-state index contributed by atoms with van der Waals surface area (Å²) in [6.45, 7) is 2.38. The lowest BCUT2D eigenvalue weighted by molar-refractivity contribution is -0.129. The molecule has 2 heterocycles. The molecule has 25 heavy (non-hydrogen) atoms. The zero-order valence-electron chi connectivity index (χ0n) is 14.0. The molecule has 0 radical (unpaired) electrons. The first kappa shape index (κ1) is 17.1. The molecule has 1 aromatic carbocycles. The fourth-order valence-corrected chi connectivity index (χ4v) is 3.27. The number of nitrogen functional groups attached to an aromatic ring is 1. The number of carbonyl (C=O) groups excluding carboxylic acids is 1. The van der Waals surface area contributed by atoms with Gasteiger partial charge in [0.1, 0.15) is 0 Å². The van der Waals surface area contributed by atoms with Gasteiger partial charge in [0.25, 0.3) is 0 Å². The number of furan rings is 1. The van der Waals surface area contributed by atoms with Crippen LogP contribution in [0.5, 0.6) is 0 Å². The molecular weight excluding hydrogens is 338 g/mol. The van der Waals surface area contributed by atoms with Gasteiger partial charge >= 0.3 is 0 Å². The van der Waals surface area contributed by atoms with Crippen LogP contribution in [0.1, 0.15) is 12.5 Å². The van der Waals surface area contributed by atoms with Crippen molar-refractivity contribution in [2.45, 2.75) is 23.9 Å². The van der Waals surface area contributed by atoms with Crippen LogP contribution in [0, 0.1) is 0 Å². The molecule has 2 N–H and O–H groups in total. The third-order valence-corrected chi connectivity index (χ3v) is 4.72. The van der Waals surface area contributed by atoms with E-state index in [0.717, 1.165) is 5.56 Å². The Labute approximate surface area is 149 Å². The number of nitrogens with zero attached hydrogens (tertiary/aromatic N) is 4. The van der Waals surface area contributed by atoms with Crippen molar-refractivity contribution >= 4 is 17.7 Å². The minimum atomic E-state index is -0.343.